The van der Waals surface area contributed by atoms with Crippen LogP contribution in [-0.2, 0) is 22.7 Å². The minimum absolute atomic E-state index is 0.0191. The van der Waals surface area contributed by atoms with Gasteiger partial charge in [-0.1, -0.05) is 13.8 Å². The second kappa shape index (κ2) is 9.54. The van der Waals surface area contributed by atoms with E-state index in [1.165, 1.54) is 12.8 Å². The number of amides is 2. The number of carbonyl (C=O) groups is 2. The highest BCUT2D eigenvalue weighted by atomic mass is 16.2. The lowest BCUT2D eigenvalue weighted by atomic mass is 10.1. The van der Waals surface area contributed by atoms with Crippen LogP contribution in [0.25, 0.3) is 0 Å². The van der Waals surface area contributed by atoms with Crippen LogP contribution < -0.4 is 10.6 Å². The highest BCUT2D eigenvalue weighted by Crippen LogP contribution is 2.35. The van der Waals surface area contributed by atoms with Crippen LogP contribution in [0.15, 0.2) is 12.5 Å². The Balaban J connectivity index is 1.50. The van der Waals surface area contributed by atoms with Crippen LogP contribution in [0.3, 0.4) is 0 Å². The Morgan fingerprint density at radius 2 is 1.93 bits per heavy atom. The molecule has 2 amide bonds. The third-order valence-corrected chi connectivity index (χ3v) is 5.77. The molecule has 2 heterocycles. The predicted molar refractivity (Wildman–Crippen MR) is 108 cm³/mol. The topological polar surface area (TPSA) is 79.3 Å². The first-order chi connectivity index (χ1) is 13.4. The molecule has 0 spiro atoms. The first-order valence-electron chi connectivity index (χ1n) is 10.7. The van der Waals surface area contributed by atoms with Gasteiger partial charge in [0, 0.05) is 51.3 Å². The fourth-order valence-electron chi connectivity index (χ4n) is 4.14. The molecule has 1 aliphatic heterocycles. The molecule has 7 heteroatoms. The molecule has 0 unspecified atom stereocenters. The summed E-state index contributed by atoms with van der Waals surface area (Å²) in [5.41, 5.74) is 1.05. The van der Waals surface area contributed by atoms with E-state index in [4.69, 9.17) is 0 Å². The summed E-state index contributed by atoms with van der Waals surface area (Å²) in [5, 5.41) is 6.04. The lowest BCUT2D eigenvalue weighted by Crippen LogP contribution is -2.45. The van der Waals surface area contributed by atoms with Gasteiger partial charge < -0.3 is 15.2 Å². The summed E-state index contributed by atoms with van der Waals surface area (Å²) in [6.45, 7) is 9.10. The van der Waals surface area contributed by atoms with Gasteiger partial charge in [-0.2, -0.15) is 0 Å². The minimum Gasteiger partial charge on any atom is -0.355 e. The van der Waals surface area contributed by atoms with E-state index < -0.39 is 0 Å². The predicted octanol–water partition coefficient (Wildman–Crippen LogP) is 1.92. The van der Waals surface area contributed by atoms with Crippen molar-refractivity contribution >= 4 is 11.8 Å². The van der Waals surface area contributed by atoms with Crippen molar-refractivity contribution in [2.45, 2.75) is 78.0 Å². The molecule has 1 saturated carbocycles. The van der Waals surface area contributed by atoms with Crippen LogP contribution in [0.1, 0.15) is 58.6 Å². The highest BCUT2D eigenvalue weighted by molar-refractivity contribution is 5.76. The van der Waals surface area contributed by atoms with Crippen molar-refractivity contribution in [1.29, 1.82) is 0 Å². The van der Waals surface area contributed by atoms with E-state index in [9.17, 15) is 9.59 Å². The lowest BCUT2D eigenvalue weighted by Gasteiger charge is -2.30. The molecule has 0 aromatic carbocycles. The van der Waals surface area contributed by atoms with E-state index in [0.717, 1.165) is 37.5 Å². The maximum absolute atomic E-state index is 12.6. The average Bonchev–Trinajstić information content (AvgIpc) is 3.22. The maximum Gasteiger partial charge on any atom is 0.221 e. The Bertz CT molecular complexity index is 668. The number of hydrogen-bond acceptors (Lipinski definition) is 4. The molecule has 156 valence electrons. The summed E-state index contributed by atoms with van der Waals surface area (Å²) in [7, 11) is 0. The van der Waals surface area contributed by atoms with Gasteiger partial charge in [0.2, 0.25) is 11.8 Å². The van der Waals surface area contributed by atoms with Crippen molar-refractivity contribution in [2.24, 2.45) is 11.8 Å². The largest absolute Gasteiger partial charge is 0.355 e. The molecular formula is C21H35N5O2. The van der Waals surface area contributed by atoms with Gasteiger partial charge in [0.1, 0.15) is 0 Å². The van der Waals surface area contributed by atoms with Crippen LogP contribution in [-0.4, -0.2) is 51.4 Å². The van der Waals surface area contributed by atoms with Crippen LogP contribution in [0.4, 0.5) is 0 Å². The van der Waals surface area contributed by atoms with Gasteiger partial charge in [0.15, 0.2) is 0 Å². The molecule has 3 rings (SSSR count). The van der Waals surface area contributed by atoms with Gasteiger partial charge in [0.05, 0.1) is 18.6 Å². The van der Waals surface area contributed by atoms with Crippen LogP contribution in [0.5, 0.6) is 0 Å². The van der Waals surface area contributed by atoms with Gasteiger partial charge in [-0.3, -0.25) is 14.5 Å². The first-order valence-corrected chi connectivity index (χ1v) is 10.7. The van der Waals surface area contributed by atoms with Gasteiger partial charge in [-0.25, -0.2) is 4.98 Å². The van der Waals surface area contributed by atoms with E-state index in [2.05, 4.69) is 38.9 Å². The zero-order valence-electron chi connectivity index (χ0n) is 17.5. The number of nitrogens with zero attached hydrogens (tertiary/aromatic N) is 3. The number of hydrogen-bond donors (Lipinski definition) is 2. The average molecular weight is 390 g/mol. The Kier molecular flexibility index (Phi) is 7.10. The van der Waals surface area contributed by atoms with E-state index >= 15 is 0 Å². The van der Waals surface area contributed by atoms with Gasteiger partial charge in [-0.05, 0) is 37.5 Å². The summed E-state index contributed by atoms with van der Waals surface area (Å²) >= 11 is 0. The zero-order chi connectivity index (χ0) is 20.1. The minimum atomic E-state index is 0.0191. The number of aromatic nitrogens is 2. The monoisotopic (exact) mass is 389 g/mol. The van der Waals surface area contributed by atoms with E-state index in [-0.39, 0.29) is 17.9 Å². The Labute approximate surface area is 168 Å². The van der Waals surface area contributed by atoms with Crippen molar-refractivity contribution in [1.82, 2.24) is 25.1 Å². The second-order valence-electron chi connectivity index (χ2n) is 8.87. The summed E-state index contributed by atoms with van der Waals surface area (Å²) in [5.74, 6) is 1.43. The van der Waals surface area contributed by atoms with Crippen molar-refractivity contribution in [3.63, 3.8) is 0 Å². The Morgan fingerprint density at radius 3 is 2.61 bits per heavy atom. The quantitative estimate of drug-likeness (QED) is 0.641. The third-order valence-electron chi connectivity index (χ3n) is 5.77. The summed E-state index contributed by atoms with van der Waals surface area (Å²) in [6, 6.07) is 0.634. The van der Waals surface area contributed by atoms with E-state index in [0.29, 0.717) is 31.5 Å². The fraction of sp³-hybridized carbons (Fsp3) is 0.762. The molecule has 1 saturated heterocycles. The molecule has 7 nitrogen and oxygen atoms in total. The highest BCUT2D eigenvalue weighted by Gasteiger charge is 2.37. The maximum atomic E-state index is 12.6. The Morgan fingerprint density at radius 1 is 1.18 bits per heavy atom. The summed E-state index contributed by atoms with van der Waals surface area (Å²) < 4.78 is 2.11. The summed E-state index contributed by atoms with van der Waals surface area (Å²) in [6.07, 6.45) is 8.86. The van der Waals surface area contributed by atoms with Crippen LogP contribution in [0.2, 0.25) is 0 Å². The fourth-order valence-corrected chi connectivity index (χ4v) is 4.14. The SMILES string of the molecule is CC(=O)NC[C@H]1CC[C@@H](CC(=O)NCc2cncn2CC(C)C)N1CC1CC1. The number of likely N-dealkylation sites (tertiary alicyclic amines) is 1. The molecule has 2 atom stereocenters. The van der Waals surface area contributed by atoms with Gasteiger partial charge in [0.25, 0.3) is 0 Å². The van der Waals surface area contributed by atoms with E-state index in [1.54, 1.807) is 6.92 Å². The smallest absolute Gasteiger partial charge is 0.221 e. The molecule has 28 heavy (non-hydrogen) atoms. The number of nitrogens with one attached hydrogen (secondary N) is 2. The molecule has 0 bridgehead atoms. The number of rotatable bonds is 10. The molecule has 1 aromatic rings. The normalized spacial score (nSPS) is 22.6. The van der Waals surface area contributed by atoms with Crippen molar-refractivity contribution in [2.75, 3.05) is 13.1 Å². The molecule has 2 aliphatic rings. The molecule has 1 aliphatic carbocycles. The van der Waals surface area contributed by atoms with Crippen LogP contribution in [0, 0.1) is 11.8 Å². The lowest BCUT2D eigenvalue weighted by molar-refractivity contribution is -0.123. The number of imidazole rings is 1. The molecule has 2 fully saturated rings. The van der Waals surface area contributed by atoms with E-state index in [1.807, 2.05) is 12.5 Å². The van der Waals surface area contributed by atoms with Crippen molar-refractivity contribution < 1.29 is 9.59 Å². The van der Waals surface area contributed by atoms with Crippen molar-refractivity contribution in [3.8, 4) is 0 Å². The van der Waals surface area contributed by atoms with Crippen molar-refractivity contribution in [3.05, 3.63) is 18.2 Å². The molecule has 1 aromatic heterocycles. The zero-order valence-corrected chi connectivity index (χ0v) is 17.5. The van der Waals surface area contributed by atoms with Gasteiger partial charge >= 0.3 is 0 Å². The molecule has 0 radical (unpaired) electrons. The van der Waals surface area contributed by atoms with Gasteiger partial charge in [-0.15, -0.1) is 0 Å². The molecule has 2 N–H and O–H groups in total. The third kappa shape index (κ3) is 6.06. The number of carbonyl (C=O) groups excluding carboxylic acids is 2. The summed E-state index contributed by atoms with van der Waals surface area (Å²) in [4.78, 5) is 30.6. The Hall–Kier alpha value is -1.89. The standard InChI is InChI=1S/C21H35N5O2/c1-15(2)12-25-14-22-9-20(25)11-24-21(28)8-18-6-7-19(10-23-16(3)27)26(18)13-17-4-5-17/h9,14-15,17-19H,4-8,10-13H2,1-3H3,(H,23,27)(H,24,28)/t18-,19+/m0/s1. The van der Waals surface area contributed by atoms with Crippen LogP contribution >= 0.6 is 0 Å². The first kappa shape index (κ1) is 20.8. The second-order valence-corrected chi connectivity index (χ2v) is 8.87. The molecular weight excluding hydrogens is 354 g/mol.